The largest absolute Gasteiger partial charge is 0.453 e. The number of fused-ring (bicyclic) bond motifs is 1. The molecule has 1 unspecified atom stereocenters. The fraction of sp³-hybridized carbons (Fsp3) is 0.357. The Bertz CT molecular complexity index is 605. The first-order chi connectivity index (χ1) is 9.22. The van der Waals surface area contributed by atoms with Crippen LogP contribution in [-0.2, 0) is 0 Å². The van der Waals surface area contributed by atoms with Gasteiger partial charge >= 0.3 is 0 Å². The van der Waals surface area contributed by atoms with E-state index in [0.29, 0.717) is 22.8 Å². The van der Waals surface area contributed by atoms with Crippen molar-refractivity contribution in [3.8, 4) is 0 Å². The maximum atomic E-state index is 12.2. The second-order valence-electron chi connectivity index (χ2n) is 4.65. The number of Topliss-reactive ketones (excluding diaryl/α,β-unsaturated/α-hetero) is 1. The van der Waals surface area contributed by atoms with Crippen LogP contribution < -0.4 is 5.32 Å². The summed E-state index contributed by atoms with van der Waals surface area (Å²) in [6.45, 7) is 0.971. The second-order valence-corrected chi connectivity index (χ2v) is 6.23. The molecule has 0 spiro atoms. The summed E-state index contributed by atoms with van der Waals surface area (Å²) in [7, 11) is 0. The van der Waals surface area contributed by atoms with E-state index < -0.39 is 0 Å². The molecule has 2 aromatic rings. The molecule has 0 bridgehead atoms. The lowest BCUT2D eigenvalue weighted by Gasteiger charge is -2.21. The predicted molar refractivity (Wildman–Crippen MR) is 79.3 cm³/mol. The van der Waals surface area contributed by atoms with Crippen LogP contribution in [0.25, 0.3) is 11.0 Å². The van der Waals surface area contributed by atoms with Gasteiger partial charge in [0, 0.05) is 40.9 Å². The highest BCUT2D eigenvalue weighted by molar-refractivity contribution is 7.99. The van der Waals surface area contributed by atoms with Gasteiger partial charge in [0.2, 0.25) is 0 Å². The van der Waals surface area contributed by atoms with Gasteiger partial charge in [0.25, 0.3) is 0 Å². The van der Waals surface area contributed by atoms with Crippen molar-refractivity contribution >= 4 is 40.1 Å². The zero-order valence-electron chi connectivity index (χ0n) is 10.3. The van der Waals surface area contributed by atoms with Crippen molar-refractivity contribution in [2.75, 3.05) is 18.1 Å². The minimum atomic E-state index is 0.0484. The molecule has 5 heteroatoms. The highest BCUT2D eigenvalue weighted by Gasteiger charge is 2.20. The van der Waals surface area contributed by atoms with Gasteiger partial charge in [-0.05, 0) is 24.3 Å². The van der Waals surface area contributed by atoms with Crippen LogP contribution in [0.5, 0.6) is 0 Å². The number of rotatable bonds is 3. The molecular formula is C14H14ClNO2S. The Hall–Kier alpha value is -0.970. The van der Waals surface area contributed by atoms with E-state index in [4.69, 9.17) is 16.0 Å². The first-order valence-corrected chi connectivity index (χ1v) is 7.79. The van der Waals surface area contributed by atoms with Crippen molar-refractivity contribution in [2.45, 2.75) is 12.5 Å². The van der Waals surface area contributed by atoms with Gasteiger partial charge < -0.3 is 9.73 Å². The van der Waals surface area contributed by atoms with Gasteiger partial charge in [0.1, 0.15) is 5.58 Å². The molecule has 1 saturated heterocycles. The molecule has 0 amide bonds. The first-order valence-electron chi connectivity index (χ1n) is 6.26. The minimum absolute atomic E-state index is 0.0484. The van der Waals surface area contributed by atoms with E-state index in [1.807, 2.05) is 17.8 Å². The van der Waals surface area contributed by atoms with Crippen LogP contribution in [0.4, 0.5) is 0 Å². The number of hydrogen-bond acceptors (Lipinski definition) is 4. The van der Waals surface area contributed by atoms with Gasteiger partial charge in [0.15, 0.2) is 11.5 Å². The molecule has 1 fully saturated rings. The number of nitrogens with one attached hydrogen (secondary N) is 1. The van der Waals surface area contributed by atoms with Gasteiger partial charge in [0.05, 0.1) is 0 Å². The lowest BCUT2D eigenvalue weighted by molar-refractivity contribution is 0.0947. The standard InChI is InChI=1S/C14H14ClNO2S/c15-10-1-2-13-9(5-10)6-14(18-13)12(17)7-11-8-19-4-3-16-11/h1-2,5-6,11,16H,3-4,7-8H2. The molecule has 0 saturated carbocycles. The monoisotopic (exact) mass is 295 g/mol. The lowest BCUT2D eigenvalue weighted by Crippen LogP contribution is -2.38. The lowest BCUT2D eigenvalue weighted by atomic mass is 10.1. The minimum Gasteiger partial charge on any atom is -0.453 e. The second kappa shape index (κ2) is 5.57. The highest BCUT2D eigenvalue weighted by Crippen LogP contribution is 2.24. The number of carbonyl (C=O) groups is 1. The molecule has 0 aliphatic carbocycles. The smallest absolute Gasteiger partial charge is 0.199 e. The van der Waals surface area contributed by atoms with Gasteiger partial charge in [-0.1, -0.05) is 11.6 Å². The SMILES string of the molecule is O=C(CC1CSCCN1)c1cc2cc(Cl)ccc2o1. The van der Waals surface area contributed by atoms with Gasteiger partial charge in [-0.3, -0.25) is 4.79 Å². The number of halogens is 1. The van der Waals surface area contributed by atoms with Crippen molar-refractivity contribution in [1.82, 2.24) is 5.32 Å². The molecule has 0 radical (unpaired) electrons. The van der Waals surface area contributed by atoms with Gasteiger partial charge in [-0.15, -0.1) is 0 Å². The molecule has 19 heavy (non-hydrogen) atoms. The van der Waals surface area contributed by atoms with E-state index in [-0.39, 0.29) is 11.8 Å². The normalized spacial score (nSPS) is 19.7. The molecule has 1 atom stereocenters. The molecule has 1 N–H and O–H groups in total. The molecule has 1 aromatic heterocycles. The third kappa shape index (κ3) is 2.96. The fourth-order valence-electron chi connectivity index (χ4n) is 2.23. The summed E-state index contributed by atoms with van der Waals surface area (Å²) in [4.78, 5) is 12.2. The first kappa shape index (κ1) is 13.0. The van der Waals surface area contributed by atoms with E-state index in [0.717, 1.165) is 23.4 Å². The number of benzene rings is 1. The molecule has 1 aliphatic rings. The van der Waals surface area contributed by atoms with E-state index in [9.17, 15) is 4.79 Å². The van der Waals surface area contributed by atoms with E-state index in [1.165, 1.54) is 0 Å². The molecule has 1 aromatic carbocycles. The molecule has 100 valence electrons. The average molecular weight is 296 g/mol. The van der Waals surface area contributed by atoms with Crippen LogP contribution in [0.3, 0.4) is 0 Å². The van der Waals surface area contributed by atoms with Crippen LogP contribution in [0, 0.1) is 0 Å². The van der Waals surface area contributed by atoms with Crippen LogP contribution in [-0.4, -0.2) is 29.9 Å². The summed E-state index contributed by atoms with van der Waals surface area (Å²) in [6.07, 6.45) is 0.487. The van der Waals surface area contributed by atoms with Crippen molar-refractivity contribution in [3.05, 3.63) is 35.0 Å². The summed E-state index contributed by atoms with van der Waals surface area (Å²) < 4.78 is 5.58. The number of ketones is 1. The average Bonchev–Trinajstić information content (AvgIpc) is 2.83. The van der Waals surface area contributed by atoms with Gasteiger partial charge in [-0.2, -0.15) is 11.8 Å². The van der Waals surface area contributed by atoms with Crippen molar-refractivity contribution < 1.29 is 9.21 Å². The Morgan fingerprint density at radius 2 is 2.37 bits per heavy atom. The third-order valence-electron chi connectivity index (χ3n) is 3.18. The quantitative estimate of drug-likeness (QED) is 0.882. The topological polar surface area (TPSA) is 42.2 Å². The molecular weight excluding hydrogens is 282 g/mol. The van der Waals surface area contributed by atoms with Crippen molar-refractivity contribution in [3.63, 3.8) is 0 Å². The van der Waals surface area contributed by atoms with Gasteiger partial charge in [-0.25, -0.2) is 0 Å². The maximum absolute atomic E-state index is 12.2. The summed E-state index contributed by atoms with van der Waals surface area (Å²) in [5.74, 6) is 2.58. The Labute approximate surface area is 120 Å². The Morgan fingerprint density at radius 3 is 3.16 bits per heavy atom. The Morgan fingerprint density at radius 1 is 1.47 bits per heavy atom. The van der Waals surface area contributed by atoms with Crippen molar-refractivity contribution in [2.24, 2.45) is 0 Å². The molecule has 3 rings (SSSR count). The maximum Gasteiger partial charge on any atom is 0.199 e. The van der Waals surface area contributed by atoms with Crippen LogP contribution in [0.2, 0.25) is 5.02 Å². The Kier molecular flexibility index (Phi) is 3.82. The van der Waals surface area contributed by atoms with E-state index in [1.54, 1.807) is 18.2 Å². The van der Waals surface area contributed by atoms with Crippen LogP contribution in [0.15, 0.2) is 28.7 Å². The number of furan rings is 1. The number of hydrogen-bond donors (Lipinski definition) is 1. The summed E-state index contributed by atoms with van der Waals surface area (Å²) in [6, 6.07) is 7.40. The molecule has 2 heterocycles. The zero-order valence-corrected chi connectivity index (χ0v) is 11.9. The molecule has 3 nitrogen and oxygen atoms in total. The third-order valence-corrected chi connectivity index (χ3v) is 4.55. The van der Waals surface area contributed by atoms with Crippen LogP contribution >= 0.6 is 23.4 Å². The summed E-state index contributed by atoms with van der Waals surface area (Å²) in [5.41, 5.74) is 0.707. The van der Waals surface area contributed by atoms with Crippen molar-refractivity contribution in [1.29, 1.82) is 0 Å². The van der Waals surface area contributed by atoms with E-state index >= 15 is 0 Å². The fourth-order valence-corrected chi connectivity index (χ4v) is 3.36. The van der Waals surface area contributed by atoms with Crippen LogP contribution in [0.1, 0.15) is 17.0 Å². The number of carbonyl (C=O) groups excluding carboxylic acids is 1. The predicted octanol–water partition coefficient (Wildman–Crippen LogP) is 3.36. The summed E-state index contributed by atoms with van der Waals surface area (Å²) >= 11 is 7.81. The Balaban J connectivity index is 1.77. The molecule has 1 aliphatic heterocycles. The summed E-state index contributed by atoms with van der Waals surface area (Å²) in [5, 5.41) is 4.89. The van der Waals surface area contributed by atoms with E-state index in [2.05, 4.69) is 5.32 Å². The zero-order chi connectivity index (χ0) is 13.2. The number of thioether (sulfide) groups is 1. The highest BCUT2D eigenvalue weighted by atomic mass is 35.5.